The van der Waals surface area contributed by atoms with E-state index < -0.39 is 6.10 Å². The molecule has 2 rings (SSSR count). The topological polar surface area (TPSA) is 43.8 Å². The van der Waals surface area contributed by atoms with Crippen molar-refractivity contribution < 1.29 is 9.90 Å². The molecule has 0 bridgehead atoms. The SMILES string of the molecule is CC(C)CC1CCCN(CC(O)CN2CCCC2=O)C1. The summed E-state index contributed by atoms with van der Waals surface area (Å²) in [6, 6.07) is 0. The van der Waals surface area contributed by atoms with E-state index in [0.717, 1.165) is 44.4 Å². The van der Waals surface area contributed by atoms with E-state index in [1.165, 1.54) is 19.3 Å². The number of piperidine rings is 1. The molecular formula is C16H30N2O2. The Balaban J connectivity index is 1.72. The number of amides is 1. The maximum Gasteiger partial charge on any atom is 0.222 e. The predicted molar refractivity (Wildman–Crippen MR) is 80.4 cm³/mol. The molecule has 2 atom stereocenters. The summed E-state index contributed by atoms with van der Waals surface area (Å²) in [4.78, 5) is 15.8. The number of carbonyl (C=O) groups is 1. The third-order valence-corrected chi connectivity index (χ3v) is 4.48. The van der Waals surface area contributed by atoms with Crippen molar-refractivity contribution in [3.63, 3.8) is 0 Å². The Labute approximate surface area is 123 Å². The van der Waals surface area contributed by atoms with Crippen LogP contribution in [0.15, 0.2) is 0 Å². The third-order valence-electron chi connectivity index (χ3n) is 4.48. The first-order chi connectivity index (χ1) is 9.54. The normalized spacial score (nSPS) is 26.5. The van der Waals surface area contributed by atoms with Crippen molar-refractivity contribution in [2.45, 2.75) is 52.1 Å². The Bertz CT molecular complexity index is 320. The van der Waals surface area contributed by atoms with Crippen molar-refractivity contribution in [1.82, 2.24) is 9.80 Å². The fourth-order valence-corrected chi connectivity index (χ4v) is 3.68. The zero-order valence-electron chi connectivity index (χ0n) is 13.1. The number of β-amino-alcohol motifs (C(OH)–C–C–N with tert-alkyl or cyclic N) is 1. The highest BCUT2D eigenvalue weighted by Gasteiger charge is 2.26. The molecule has 4 heteroatoms. The summed E-state index contributed by atoms with van der Waals surface area (Å²) in [6.45, 7) is 8.84. The van der Waals surface area contributed by atoms with Crippen LogP contribution in [-0.4, -0.2) is 59.6 Å². The van der Waals surface area contributed by atoms with E-state index >= 15 is 0 Å². The molecule has 2 heterocycles. The molecule has 2 fully saturated rings. The number of likely N-dealkylation sites (tertiary alicyclic amines) is 2. The van der Waals surface area contributed by atoms with Gasteiger partial charge < -0.3 is 14.9 Å². The number of rotatable bonds is 6. The number of carbonyl (C=O) groups excluding carboxylic acids is 1. The van der Waals surface area contributed by atoms with E-state index in [0.29, 0.717) is 13.0 Å². The maximum atomic E-state index is 11.6. The van der Waals surface area contributed by atoms with Gasteiger partial charge in [-0.05, 0) is 44.1 Å². The molecule has 1 amide bonds. The number of hydrogen-bond donors (Lipinski definition) is 1. The van der Waals surface area contributed by atoms with Crippen molar-refractivity contribution >= 4 is 5.91 Å². The lowest BCUT2D eigenvalue weighted by atomic mass is 9.89. The summed E-state index contributed by atoms with van der Waals surface area (Å²) < 4.78 is 0. The lowest BCUT2D eigenvalue weighted by Crippen LogP contribution is -2.44. The van der Waals surface area contributed by atoms with Gasteiger partial charge in [-0.1, -0.05) is 13.8 Å². The molecule has 20 heavy (non-hydrogen) atoms. The Morgan fingerprint density at radius 3 is 2.70 bits per heavy atom. The van der Waals surface area contributed by atoms with Gasteiger partial charge in [-0.25, -0.2) is 0 Å². The van der Waals surface area contributed by atoms with E-state index in [2.05, 4.69) is 18.7 Å². The molecule has 0 aromatic heterocycles. The Morgan fingerprint density at radius 1 is 1.25 bits per heavy atom. The predicted octanol–water partition coefficient (Wildman–Crippen LogP) is 1.73. The molecule has 0 aliphatic carbocycles. The van der Waals surface area contributed by atoms with Crippen LogP contribution in [0.25, 0.3) is 0 Å². The summed E-state index contributed by atoms with van der Waals surface area (Å²) in [5, 5.41) is 10.2. The summed E-state index contributed by atoms with van der Waals surface area (Å²) in [7, 11) is 0. The second-order valence-electron chi connectivity index (χ2n) is 6.99. The molecule has 2 saturated heterocycles. The van der Waals surface area contributed by atoms with Gasteiger partial charge in [0.05, 0.1) is 6.10 Å². The van der Waals surface area contributed by atoms with Gasteiger partial charge in [0.15, 0.2) is 0 Å². The van der Waals surface area contributed by atoms with Crippen LogP contribution in [0.5, 0.6) is 0 Å². The lowest BCUT2D eigenvalue weighted by molar-refractivity contribution is -0.129. The first-order valence-electron chi connectivity index (χ1n) is 8.22. The van der Waals surface area contributed by atoms with Crippen molar-refractivity contribution in [3.8, 4) is 0 Å². The molecule has 4 nitrogen and oxygen atoms in total. The monoisotopic (exact) mass is 282 g/mol. The minimum atomic E-state index is -0.394. The first-order valence-corrected chi connectivity index (χ1v) is 8.22. The zero-order chi connectivity index (χ0) is 14.5. The fraction of sp³-hybridized carbons (Fsp3) is 0.938. The smallest absolute Gasteiger partial charge is 0.222 e. The van der Waals surface area contributed by atoms with Crippen molar-refractivity contribution in [2.24, 2.45) is 11.8 Å². The molecule has 1 N–H and O–H groups in total. The average molecular weight is 282 g/mol. The quantitative estimate of drug-likeness (QED) is 0.807. The minimum absolute atomic E-state index is 0.209. The first kappa shape index (κ1) is 15.8. The molecule has 0 saturated carbocycles. The van der Waals surface area contributed by atoms with Crippen molar-refractivity contribution in [3.05, 3.63) is 0 Å². The summed E-state index contributed by atoms with van der Waals surface area (Å²) >= 11 is 0. The van der Waals surface area contributed by atoms with Gasteiger partial charge in [0.2, 0.25) is 5.91 Å². The standard InChI is InChI=1S/C16H30N2O2/c1-13(2)9-14-5-3-7-17(10-14)11-15(19)12-18-8-4-6-16(18)20/h13-15,19H,3-12H2,1-2H3. The Morgan fingerprint density at radius 2 is 2.05 bits per heavy atom. The lowest BCUT2D eigenvalue weighted by Gasteiger charge is -2.35. The molecule has 2 unspecified atom stereocenters. The van der Waals surface area contributed by atoms with Crippen LogP contribution in [0.1, 0.15) is 46.0 Å². The third kappa shape index (κ3) is 4.74. The van der Waals surface area contributed by atoms with E-state index in [-0.39, 0.29) is 5.91 Å². The fourth-order valence-electron chi connectivity index (χ4n) is 3.68. The van der Waals surface area contributed by atoms with E-state index in [1.807, 2.05) is 4.90 Å². The van der Waals surface area contributed by atoms with Crippen LogP contribution >= 0.6 is 0 Å². The Kier molecular flexibility index (Phi) is 5.85. The van der Waals surface area contributed by atoms with Gasteiger partial charge in [-0.15, -0.1) is 0 Å². The van der Waals surface area contributed by atoms with E-state index in [9.17, 15) is 9.90 Å². The van der Waals surface area contributed by atoms with E-state index in [4.69, 9.17) is 0 Å². The molecule has 0 aromatic carbocycles. The van der Waals surface area contributed by atoms with Gasteiger partial charge in [0, 0.05) is 32.6 Å². The minimum Gasteiger partial charge on any atom is -0.390 e. The second-order valence-corrected chi connectivity index (χ2v) is 6.99. The molecule has 116 valence electrons. The van der Waals surface area contributed by atoms with Gasteiger partial charge in [0.25, 0.3) is 0 Å². The van der Waals surface area contributed by atoms with Crippen molar-refractivity contribution in [2.75, 3.05) is 32.7 Å². The van der Waals surface area contributed by atoms with Crippen LogP contribution in [0.2, 0.25) is 0 Å². The summed E-state index contributed by atoms with van der Waals surface area (Å²) in [6.07, 6.45) is 5.08. The van der Waals surface area contributed by atoms with Crippen LogP contribution in [-0.2, 0) is 4.79 Å². The molecule has 0 radical (unpaired) electrons. The number of nitrogens with zero attached hydrogens (tertiary/aromatic N) is 2. The van der Waals surface area contributed by atoms with Crippen LogP contribution in [0.4, 0.5) is 0 Å². The second kappa shape index (κ2) is 7.41. The largest absolute Gasteiger partial charge is 0.390 e. The highest BCUT2D eigenvalue weighted by atomic mass is 16.3. The number of aliphatic hydroxyl groups is 1. The highest BCUT2D eigenvalue weighted by molar-refractivity contribution is 5.78. The van der Waals surface area contributed by atoms with Gasteiger partial charge in [-0.2, -0.15) is 0 Å². The Hall–Kier alpha value is -0.610. The van der Waals surface area contributed by atoms with Crippen LogP contribution in [0.3, 0.4) is 0 Å². The van der Waals surface area contributed by atoms with Crippen LogP contribution in [0, 0.1) is 11.8 Å². The van der Waals surface area contributed by atoms with Gasteiger partial charge in [-0.3, -0.25) is 4.79 Å². The zero-order valence-corrected chi connectivity index (χ0v) is 13.1. The van der Waals surface area contributed by atoms with Gasteiger partial charge in [0.1, 0.15) is 0 Å². The number of hydrogen-bond acceptors (Lipinski definition) is 3. The van der Waals surface area contributed by atoms with E-state index in [1.54, 1.807) is 0 Å². The molecular weight excluding hydrogens is 252 g/mol. The molecule has 0 spiro atoms. The molecule has 2 aliphatic rings. The van der Waals surface area contributed by atoms with Crippen LogP contribution < -0.4 is 0 Å². The van der Waals surface area contributed by atoms with Gasteiger partial charge >= 0.3 is 0 Å². The molecule has 0 aromatic rings. The summed E-state index contributed by atoms with van der Waals surface area (Å²) in [5.74, 6) is 1.75. The number of aliphatic hydroxyl groups excluding tert-OH is 1. The maximum absolute atomic E-state index is 11.6. The highest BCUT2D eigenvalue weighted by Crippen LogP contribution is 2.23. The average Bonchev–Trinajstić information content (AvgIpc) is 2.74. The molecule has 2 aliphatic heterocycles. The summed E-state index contributed by atoms with van der Waals surface area (Å²) in [5.41, 5.74) is 0. The van der Waals surface area contributed by atoms with Crippen molar-refractivity contribution in [1.29, 1.82) is 0 Å².